The van der Waals surface area contributed by atoms with E-state index in [0.29, 0.717) is 15.6 Å². The van der Waals surface area contributed by atoms with Crippen LogP contribution in [0.2, 0.25) is 10.0 Å². The van der Waals surface area contributed by atoms with Crippen LogP contribution in [-0.2, 0) is 0 Å². The third-order valence-electron chi connectivity index (χ3n) is 1.91. The van der Waals surface area contributed by atoms with Crippen LogP contribution in [-0.4, -0.2) is 10.8 Å². The predicted octanol–water partition coefficient (Wildman–Crippen LogP) is 3.77. The molecule has 4 heteroatoms. The van der Waals surface area contributed by atoms with Crippen molar-refractivity contribution in [2.24, 2.45) is 0 Å². The van der Waals surface area contributed by atoms with Gasteiger partial charge in [-0.3, -0.25) is 0 Å². The lowest BCUT2D eigenvalue weighted by Crippen LogP contribution is -2.23. The average Bonchev–Trinajstić information content (AvgIpc) is 2.07. The van der Waals surface area contributed by atoms with E-state index in [1.807, 2.05) is 0 Å². The highest BCUT2D eigenvalue weighted by Gasteiger charge is 2.28. The Bertz CT molecular complexity index is 333. The molecule has 78 valence electrons. The van der Waals surface area contributed by atoms with E-state index in [0.717, 1.165) is 0 Å². The van der Waals surface area contributed by atoms with Crippen molar-refractivity contribution in [1.82, 2.24) is 0 Å². The number of hydrogen-bond donors (Lipinski definition) is 1. The van der Waals surface area contributed by atoms with Gasteiger partial charge in [0.2, 0.25) is 0 Å². The molecule has 1 nitrogen and oxygen atoms in total. The number of aliphatic hydroxyl groups is 1. The van der Waals surface area contributed by atoms with E-state index in [1.165, 1.54) is 26.0 Å². The molecular weight excluding hydrogens is 226 g/mol. The normalized spacial score (nSPS) is 14.1. The smallest absolute Gasteiger partial charge is 0.135 e. The Morgan fingerprint density at radius 3 is 2.29 bits per heavy atom. The van der Waals surface area contributed by atoms with Crippen molar-refractivity contribution in [1.29, 1.82) is 0 Å². The summed E-state index contributed by atoms with van der Waals surface area (Å²) in [5.74, 6) is 0. The molecule has 0 bridgehead atoms. The van der Waals surface area contributed by atoms with Crippen molar-refractivity contribution in [2.45, 2.75) is 25.6 Å². The largest absolute Gasteiger partial charge is 0.385 e. The first-order chi connectivity index (χ1) is 6.32. The first-order valence-electron chi connectivity index (χ1n) is 4.14. The summed E-state index contributed by atoms with van der Waals surface area (Å²) in [6.07, 6.45) is -1.20. The molecule has 1 aromatic carbocycles. The average molecular weight is 237 g/mol. The highest BCUT2D eigenvalue weighted by Crippen LogP contribution is 2.32. The number of aliphatic hydroxyl groups excluding tert-OH is 1. The fourth-order valence-electron chi connectivity index (χ4n) is 1.08. The van der Waals surface area contributed by atoms with Gasteiger partial charge in [0, 0.05) is 0 Å². The van der Waals surface area contributed by atoms with Crippen LogP contribution in [0.4, 0.5) is 4.39 Å². The fourth-order valence-corrected chi connectivity index (χ4v) is 1.39. The minimum atomic E-state index is -1.70. The molecular formula is C10H11Cl2FO. The Hall–Kier alpha value is -0.310. The molecule has 0 aliphatic heterocycles. The number of alkyl halides is 1. The van der Waals surface area contributed by atoms with Crippen LogP contribution in [0.3, 0.4) is 0 Å². The zero-order valence-electron chi connectivity index (χ0n) is 7.89. The summed E-state index contributed by atoms with van der Waals surface area (Å²) in [5, 5.41) is 10.3. The summed E-state index contributed by atoms with van der Waals surface area (Å²) in [4.78, 5) is 0. The summed E-state index contributed by atoms with van der Waals surface area (Å²) in [5.41, 5.74) is -1.27. The maximum Gasteiger partial charge on any atom is 0.135 e. The Labute approximate surface area is 92.5 Å². The van der Waals surface area contributed by atoms with Gasteiger partial charge in [-0.25, -0.2) is 4.39 Å². The molecule has 0 aliphatic carbocycles. The Morgan fingerprint density at radius 1 is 1.29 bits per heavy atom. The second-order valence-corrected chi connectivity index (χ2v) is 4.45. The molecule has 0 radical (unpaired) electrons. The zero-order valence-corrected chi connectivity index (χ0v) is 9.40. The summed E-state index contributed by atoms with van der Waals surface area (Å²) in [6, 6.07) is 4.56. The van der Waals surface area contributed by atoms with Crippen molar-refractivity contribution in [3.05, 3.63) is 33.8 Å². The first kappa shape index (κ1) is 11.8. The SMILES string of the molecule is CC(C)(F)C(O)c1ccc(Cl)c(Cl)c1. The molecule has 0 aromatic heterocycles. The van der Waals surface area contributed by atoms with Gasteiger partial charge in [-0.15, -0.1) is 0 Å². The van der Waals surface area contributed by atoms with E-state index in [2.05, 4.69) is 0 Å². The van der Waals surface area contributed by atoms with Crippen molar-refractivity contribution in [2.75, 3.05) is 0 Å². The molecule has 0 spiro atoms. The van der Waals surface area contributed by atoms with Crippen LogP contribution >= 0.6 is 23.2 Å². The maximum atomic E-state index is 13.4. The summed E-state index contributed by atoms with van der Waals surface area (Å²) in [6.45, 7) is 2.61. The van der Waals surface area contributed by atoms with Gasteiger partial charge >= 0.3 is 0 Å². The summed E-state index contributed by atoms with van der Waals surface area (Å²) in [7, 11) is 0. The van der Waals surface area contributed by atoms with Gasteiger partial charge in [-0.1, -0.05) is 29.3 Å². The third-order valence-corrected chi connectivity index (χ3v) is 2.65. The first-order valence-corrected chi connectivity index (χ1v) is 4.90. The van der Waals surface area contributed by atoms with Crippen LogP contribution in [0.1, 0.15) is 25.5 Å². The van der Waals surface area contributed by atoms with Crippen molar-refractivity contribution >= 4 is 23.2 Å². The minimum Gasteiger partial charge on any atom is -0.385 e. The van der Waals surface area contributed by atoms with Crippen LogP contribution in [0.25, 0.3) is 0 Å². The Kier molecular flexibility index (Phi) is 3.40. The van der Waals surface area contributed by atoms with Gasteiger partial charge in [0.05, 0.1) is 10.0 Å². The standard InChI is InChI=1S/C10H11Cl2FO/c1-10(2,13)9(14)6-3-4-7(11)8(12)5-6/h3-5,9,14H,1-2H3. The van der Waals surface area contributed by atoms with Crippen LogP contribution < -0.4 is 0 Å². The molecule has 0 amide bonds. The maximum absolute atomic E-state index is 13.4. The molecule has 14 heavy (non-hydrogen) atoms. The summed E-state index contributed by atoms with van der Waals surface area (Å²) < 4.78 is 13.4. The molecule has 1 N–H and O–H groups in total. The highest BCUT2D eigenvalue weighted by molar-refractivity contribution is 6.42. The van der Waals surface area contributed by atoms with Crippen LogP contribution in [0.15, 0.2) is 18.2 Å². The lowest BCUT2D eigenvalue weighted by molar-refractivity contribution is 0.0162. The summed E-state index contributed by atoms with van der Waals surface area (Å²) >= 11 is 11.4. The van der Waals surface area contributed by atoms with Gasteiger partial charge < -0.3 is 5.11 Å². The van der Waals surface area contributed by atoms with E-state index in [9.17, 15) is 9.50 Å². The molecule has 0 aliphatic rings. The second-order valence-electron chi connectivity index (χ2n) is 3.64. The molecule has 1 aromatic rings. The van der Waals surface area contributed by atoms with Crippen molar-refractivity contribution in [3.8, 4) is 0 Å². The van der Waals surface area contributed by atoms with E-state index in [4.69, 9.17) is 23.2 Å². The van der Waals surface area contributed by atoms with Gasteiger partial charge in [0.25, 0.3) is 0 Å². The number of hydrogen-bond acceptors (Lipinski definition) is 1. The predicted molar refractivity (Wildman–Crippen MR) is 56.6 cm³/mol. The minimum absolute atomic E-state index is 0.312. The van der Waals surface area contributed by atoms with Gasteiger partial charge in [-0.05, 0) is 31.5 Å². The van der Waals surface area contributed by atoms with Crippen molar-refractivity contribution < 1.29 is 9.50 Å². The number of benzene rings is 1. The number of rotatable bonds is 2. The zero-order chi connectivity index (χ0) is 10.9. The molecule has 1 atom stereocenters. The highest BCUT2D eigenvalue weighted by atomic mass is 35.5. The molecule has 0 saturated heterocycles. The molecule has 0 saturated carbocycles. The van der Waals surface area contributed by atoms with Crippen molar-refractivity contribution in [3.63, 3.8) is 0 Å². The molecule has 0 fully saturated rings. The lowest BCUT2D eigenvalue weighted by Gasteiger charge is -2.22. The third kappa shape index (κ3) is 2.59. The lowest BCUT2D eigenvalue weighted by atomic mass is 9.97. The topological polar surface area (TPSA) is 20.2 Å². The molecule has 0 heterocycles. The van der Waals surface area contributed by atoms with E-state index < -0.39 is 11.8 Å². The molecule has 1 rings (SSSR count). The van der Waals surface area contributed by atoms with E-state index in [-0.39, 0.29) is 0 Å². The Morgan fingerprint density at radius 2 is 1.86 bits per heavy atom. The van der Waals surface area contributed by atoms with Gasteiger partial charge in [0.15, 0.2) is 0 Å². The van der Waals surface area contributed by atoms with Crippen LogP contribution in [0, 0.1) is 0 Å². The van der Waals surface area contributed by atoms with E-state index >= 15 is 0 Å². The molecule has 1 unspecified atom stereocenters. The number of halogens is 3. The van der Waals surface area contributed by atoms with E-state index in [1.54, 1.807) is 6.07 Å². The van der Waals surface area contributed by atoms with Gasteiger partial charge in [-0.2, -0.15) is 0 Å². The fraction of sp³-hybridized carbons (Fsp3) is 0.400. The monoisotopic (exact) mass is 236 g/mol. The second kappa shape index (κ2) is 4.05. The van der Waals surface area contributed by atoms with Gasteiger partial charge in [0.1, 0.15) is 11.8 Å². The van der Waals surface area contributed by atoms with Crippen LogP contribution in [0.5, 0.6) is 0 Å². The quantitative estimate of drug-likeness (QED) is 0.829. The Balaban J connectivity index is 3.03.